The van der Waals surface area contributed by atoms with Crippen LogP contribution in [-0.4, -0.2) is 25.3 Å². The summed E-state index contributed by atoms with van der Waals surface area (Å²) >= 11 is 3.10. The highest BCUT2D eigenvalue weighted by Crippen LogP contribution is 2.27. The molecule has 0 aliphatic heterocycles. The number of nitrogens with zero attached hydrogens (tertiary/aromatic N) is 4. The van der Waals surface area contributed by atoms with Crippen LogP contribution < -0.4 is 0 Å². The maximum atomic E-state index is 13.8. The van der Waals surface area contributed by atoms with Gasteiger partial charge in [-0.2, -0.15) is 10.1 Å². The molecule has 0 atom stereocenters. The summed E-state index contributed by atoms with van der Waals surface area (Å²) in [6, 6.07) is 4.82. The third-order valence-corrected chi connectivity index (χ3v) is 2.85. The fourth-order valence-corrected chi connectivity index (χ4v) is 1.78. The summed E-state index contributed by atoms with van der Waals surface area (Å²) in [5.41, 5.74) is 0.225. The minimum atomic E-state index is -0.453. The smallest absolute Gasteiger partial charge is 0.261 e. The van der Waals surface area contributed by atoms with Crippen molar-refractivity contribution in [2.24, 2.45) is 0 Å². The van der Waals surface area contributed by atoms with Crippen molar-refractivity contribution in [1.29, 1.82) is 0 Å². The summed E-state index contributed by atoms with van der Waals surface area (Å²) in [5, 5.41) is 9.97. The Morgan fingerprint density at radius 1 is 1.33 bits per heavy atom. The molecule has 0 aliphatic carbocycles. The van der Waals surface area contributed by atoms with E-state index in [1.165, 1.54) is 6.33 Å². The fraction of sp³-hybridized carbons (Fsp3) is 0. The highest BCUT2D eigenvalue weighted by atomic mass is 79.9. The van der Waals surface area contributed by atoms with Gasteiger partial charge < -0.3 is 4.52 Å². The van der Waals surface area contributed by atoms with Gasteiger partial charge in [0.1, 0.15) is 12.1 Å². The summed E-state index contributed by atoms with van der Waals surface area (Å²) in [5.74, 6) is 0.216. The fourth-order valence-electron chi connectivity index (χ4n) is 1.41. The average molecular weight is 310 g/mol. The summed E-state index contributed by atoms with van der Waals surface area (Å²) in [4.78, 5) is 7.93. The Kier molecular flexibility index (Phi) is 2.63. The quantitative estimate of drug-likeness (QED) is 0.786. The maximum Gasteiger partial charge on any atom is 0.261 e. The topological polar surface area (TPSA) is 80.5 Å². The molecule has 0 amide bonds. The van der Waals surface area contributed by atoms with E-state index in [4.69, 9.17) is 4.52 Å². The van der Waals surface area contributed by atoms with Crippen molar-refractivity contribution in [2.75, 3.05) is 0 Å². The van der Waals surface area contributed by atoms with Crippen molar-refractivity contribution in [3.8, 4) is 23.1 Å². The maximum absolute atomic E-state index is 13.8. The van der Waals surface area contributed by atoms with Crippen LogP contribution in [0.2, 0.25) is 0 Å². The van der Waals surface area contributed by atoms with E-state index in [2.05, 4.69) is 41.3 Å². The molecular formula is C10H5BrFN5O. The zero-order valence-electron chi connectivity index (χ0n) is 8.76. The van der Waals surface area contributed by atoms with Crippen molar-refractivity contribution in [3.05, 3.63) is 34.8 Å². The number of aromatic nitrogens is 5. The van der Waals surface area contributed by atoms with E-state index in [1.807, 2.05) is 0 Å². The Balaban J connectivity index is 2.06. The van der Waals surface area contributed by atoms with Crippen LogP contribution in [0.25, 0.3) is 23.1 Å². The Bertz CT molecular complexity index is 681. The molecule has 1 aromatic carbocycles. The number of nitrogens with one attached hydrogen (secondary N) is 1. The van der Waals surface area contributed by atoms with Gasteiger partial charge >= 0.3 is 0 Å². The van der Waals surface area contributed by atoms with Crippen LogP contribution in [0.4, 0.5) is 4.39 Å². The normalized spacial score (nSPS) is 10.8. The third kappa shape index (κ3) is 1.80. The van der Waals surface area contributed by atoms with E-state index in [9.17, 15) is 4.39 Å². The van der Waals surface area contributed by atoms with Gasteiger partial charge in [-0.25, -0.2) is 9.37 Å². The summed E-state index contributed by atoms with van der Waals surface area (Å²) in [6.45, 7) is 0. The van der Waals surface area contributed by atoms with Crippen LogP contribution in [0.1, 0.15) is 0 Å². The van der Waals surface area contributed by atoms with Crippen molar-refractivity contribution < 1.29 is 8.91 Å². The molecule has 1 N–H and O–H groups in total. The van der Waals surface area contributed by atoms with Crippen molar-refractivity contribution in [1.82, 2.24) is 25.3 Å². The summed E-state index contributed by atoms with van der Waals surface area (Å²) < 4.78 is 19.2. The molecule has 3 rings (SSSR count). The third-order valence-electron chi connectivity index (χ3n) is 2.23. The molecule has 8 heteroatoms. The lowest BCUT2D eigenvalue weighted by Gasteiger charge is -1.98. The van der Waals surface area contributed by atoms with Gasteiger partial charge in [0, 0.05) is 0 Å². The zero-order chi connectivity index (χ0) is 12.5. The molecule has 0 spiro atoms. The van der Waals surface area contributed by atoms with Gasteiger partial charge in [-0.15, -0.1) is 0 Å². The minimum absolute atomic E-state index is 0.0835. The molecule has 2 heterocycles. The lowest BCUT2D eigenvalue weighted by molar-refractivity contribution is 0.429. The van der Waals surface area contributed by atoms with E-state index in [0.717, 1.165) is 0 Å². The van der Waals surface area contributed by atoms with Gasteiger partial charge in [0.2, 0.25) is 5.82 Å². The molecule has 3 aromatic rings. The van der Waals surface area contributed by atoms with Gasteiger partial charge in [-0.3, -0.25) is 5.10 Å². The van der Waals surface area contributed by atoms with Crippen LogP contribution >= 0.6 is 15.9 Å². The molecule has 0 bridgehead atoms. The molecule has 0 aliphatic rings. The number of hydrogen-bond acceptors (Lipinski definition) is 5. The molecular weight excluding hydrogens is 305 g/mol. The van der Waals surface area contributed by atoms with E-state index in [-0.39, 0.29) is 17.3 Å². The van der Waals surface area contributed by atoms with Gasteiger partial charge in [-0.05, 0) is 28.1 Å². The number of H-pyrrole nitrogens is 1. The SMILES string of the molecule is Fc1c(Br)cccc1-c1nc(-c2ncn[nH]2)no1. The monoisotopic (exact) mass is 309 g/mol. The highest BCUT2D eigenvalue weighted by Gasteiger charge is 2.16. The Morgan fingerprint density at radius 3 is 3.00 bits per heavy atom. The van der Waals surface area contributed by atoms with Crippen LogP contribution in [-0.2, 0) is 0 Å². The molecule has 2 aromatic heterocycles. The molecule has 0 radical (unpaired) electrons. The number of hydrogen-bond donors (Lipinski definition) is 1. The first kappa shape index (κ1) is 11.0. The highest BCUT2D eigenvalue weighted by molar-refractivity contribution is 9.10. The number of rotatable bonds is 2. The largest absolute Gasteiger partial charge is 0.333 e. The van der Waals surface area contributed by atoms with E-state index >= 15 is 0 Å². The predicted molar refractivity (Wildman–Crippen MR) is 62.8 cm³/mol. The number of halogens is 2. The van der Waals surface area contributed by atoms with Gasteiger partial charge in [0.25, 0.3) is 5.89 Å². The molecule has 90 valence electrons. The van der Waals surface area contributed by atoms with E-state index < -0.39 is 5.82 Å². The summed E-state index contributed by atoms with van der Waals surface area (Å²) in [6.07, 6.45) is 1.32. The Hall–Kier alpha value is -2.09. The molecule has 0 saturated carbocycles. The molecule has 18 heavy (non-hydrogen) atoms. The Morgan fingerprint density at radius 2 is 2.22 bits per heavy atom. The molecule has 0 unspecified atom stereocenters. The van der Waals surface area contributed by atoms with E-state index in [0.29, 0.717) is 10.3 Å². The second-order valence-corrected chi connectivity index (χ2v) is 4.21. The van der Waals surface area contributed by atoms with Crippen molar-refractivity contribution in [3.63, 3.8) is 0 Å². The Labute approximate surface area is 108 Å². The van der Waals surface area contributed by atoms with Crippen LogP contribution in [0.3, 0.4) is 0 Å². The summed E-state index contributed by atoms with van der Waals surface area (Å²) in [7, 11) is 0. The second-order valence-electron chi connectivity index (χ2n) is 3.36. The lowest BCUT2D eigenvalue weighted by atomic mass is 10.2. The minimum Gasteiger partial charge on any atom is -0.333 e. The van der Waals surface area contributed by atoms with Crippen LogP contribution in [0.5, 0.6) is 0 Å². The van der Waals surface area contributed by atoms with Crippen LogP contribution in [0, 0.1) is 5.82 Å². The standard InChI is InChI=1S/C10H5BrFN5O/c11-6-3-1-2-5(7(6)12)10-15-9(17-18-10)8-13-4-14-16-8/h1-4H,(H,13,14,16). The van der Waals surface area contributed by atoms with Gasteiger partial charge in [0.05, 0.1) is 10.0 Å². The zero-order valence-corrected chi connectivity index (χ0v) is 10.3. The molecule has 0 fully saturated rings. The first-order valence-corrected chi connectivity index (χ1v) is 5.69. The lowest BCUT2D eigenvalue weighted by Crippen LogP contribution is -1.87. The number of benzene rings is 1. The number of aromatic amines is 1. The van der Waals surface area contributed by atoms with E-state index in [1.54, 1.807) is 18.2 Å². The second kappa shape index (κ2) is 4.30. The molecule has 6 nitrogen and oxygen atoms in total. The molecule has 0 saturated heterocycles. The van der Waals surface area contributed by atoms with Crippen molar-refractivity contribution in [2.45, 2.75) is 0 Å². The first-order chi connectivity index (χ1) is 8.75. The predicted octanol–water partition coefficient (Wildman–Crippen LogP) is 2.42. The average Bonchev–Trinajstić information content (AvgIpc) is 3.01. The van der Waals surface area contributed by atoms with Crippen molar-refractivity contribution >= 4 is 15.9 Å². The first-order valence-electron chi connectivity index (χ1n) is 4.89. The van der Waals surface area contributed by atoms with Gasteiger partial charge in [0.15, 0.2) is 5.82 Å². The van der Waals surface area contributed by atoms with Gasteiger partial charge in [-0.1, -0.05) is 11.2 Å². The van der Waals surface area contributed by atoms with Crippen LogP contribution in [0.15, 0.2) is 33.5 Å².